The van der Waals surface area contributed by atoms with E-state index in [-0.39, 0.29) is 6.04 Å². The number of methoxy groups -OCH3 is 1. The normalized spacial score (nSPS) is 10.9. The molecule has 0 atom stereocenters. The van der Waals surface area contributed by atoms with Crippen molar-refractivity contribution in [1.82, 2.24) is 9.97 Å². The van der Waals surface area contributed by atoms with Gasteiger partial charge in [0.1, 0.15) is 10.4 Å². The second-order valence-electron chi connectivity index (χ2n) is 2.84. The Balaban J connectivity index is 2.55. The Kier molecular flexibility index (Phi) is 2.60. The third kappa shape index (κ3) is 2.33. The Morgan fingerprint density at radius 3 is 2.93 bits per heavy atom. The molecule has 15 heavy (non-hydrogen) atoms. The minimum atomic E-state index is 0.238. The van der Waals surface area contributed by atoms with Gasteiger partial charge in [0.2, 0.25) is 0 Å². The van der Waals surface area contributed by atoms with Crippen molar-refractivity contribution in [3.63, 3.8) is 0 Å². The van der Waals surface area contributed by atoms with Crippen molar-refractivity contribution in [2.24, 2.45) is 0 Å². The standard InChI is InChI=1S/C11H9BrN2O/c1-15-8-6-10(14-11(12)7-8)9-4-2-3-5-13-9/h2-7H,1H3/i7D. The summed E-state index contributed by atoms with van der Waals surface area (Å²) in [5.74, 6) is 0.475. The second kappa shape index (κ2) is 4.40. The first-order valence-corrected chi connectivity index (χ1v) is 5.14. The summed E-state index contributed by atoms with van der Waals surface area (Å²) in [5, 5.41) is 0. The van der Waals surface area contributed by atoms with Gasteiger partial charge in [-0.1, -0.05) is 6.07 Å². The van der Waals surface area contributed by atoms with Gasteiger partial charge in [-0.15, -0.1) is 0 Å². The van der Waals surface area contributed by atoms with Crippen LogP contribution in [0.3, 0.4) is 0 Å². The molecule has 0 aliphatic carbocycles. The van der Waals surface area contributed by atoms with Gasteiger partial charge in [-0.05, 0) is 28.1 Å². The Morgan fingerprint density at radius 2 is 2.27 bits per heavy atom. The number of hydrogen-bond acceptors (Lipinski definition) is 3. The van der Waals surface area contributed by atoms with Gasteiger partial charge in [-0.25, -0.2) is 4.98 Å². The molecule has 76 valence electrons. The molecule has 2 aromatic rings. The lowest BCUT2D eigenvalue weighted by Crippen LogP contribution is -1.90. The van der Waals surface area contributed by atoms with Crippen molar-refractivity contribution in [2.75, 3.05) is 7.11 Å². The van der Waals surface area contributed by atoms with Crippen molar-refractivity contribution in [1.29, 1.82) is 0 Å². The van der Waals surface area contributed by atoms with Gasteiger partial charge in [0.25, 0.3) is 0 Å². The van der Waals surface area contributed by atoms with Gasteiger partial charge in [0, 0.05) is 18.3 Å². The minimum Gasteiger partial charge on any atom is -0.497 e. The van der Waals surface area contributed by atoms with Crippen LogP contribution < -0.4 is 4.74 Å². The van der Waals surface area contributed by atoms with E-state index in [1.165, 1.54) is 7.11 Å². The smallest absolute Gasteiger partial charge is 0.123 e. The van der Waals surface area contributed by atoms with Gasteiger partial charge in [-0.3, -0.25) is 4.98 Å². The highest BCUT2D eigenvalue weighted by atomic mass is 79.9. The van der Waals surface area contributed by atoms with Crippen LogP contribution in [0.4, 0.5) is 0 Å². The Hall–Kier alpha value is -1.42. The summed E-state index contributed by atoms with van der Waals surface area (Å²) in [6.07, 6.45) is 1.70. The molecule has 0 radical (unpaired) electrons. The number of halogens is 1. The maximum absolute atomic E-state index is 7.70. The summed E-state index contributed by atoms with van der Waals surface area (Å²) >= 11 is 3.23. The fraction of sp³-hybridized carbons (Fsp3) is 0.0909. The first-order valence-electron chi connectivity index (χ1n) is 4.85. The molecule has 4 heteroatoms. The first-order chi connectivity index (χ1) is 7.72. The van der Waals surface area contributed by atoms with Gasteiger partial charge < -0.3 is 4.74 Å². The lowest BCUT2D eigenvalue weighted by molar-refractivity contribution is 0.414. The molecular weight excluding hydrogens is 256 g/mol. The molecule has 0 saturated heterocycles. The van der Waals surface area contributed by atoms with Crippen molar-refractivity contribution >= 4 is 15.9 Å². The molecule has 2 heterocycles. The molecule has 0 aliphatic rings. The summed E-state index contributed by atoms with van der Waals surface area (Å²) < 4.78 is 13.3. The molecule has 0 aliphatic heterocycles. The summed E-state index contributed by atoms with van der Waals surface area (Å²) in [5.41, 5.74) is 1.43. The van der Waals surface area contributed by atoms with E-state index >= 15 is 0 Å². The van der Waals surface area contributed by atoms with Crippen LogP contribution in [0.2, 0.25) is 0 Å². The Bertz CT molecular complexity index is 505. The number of nitrogens with zero attached hydrogens (tertiary/aromatic N) is 2. The SMILES string of the molecule is [2H]c1c(OC)cc(-c2ccccn2)nc1Br. The van der Waals surface area contributed by atoms with Crippen LogP contribution in [0.5, 0.6) is 5.75 Å². The fourth-order valence-electron chi connectivity index (χ4n) is 1.18. The largest absolute Gasteiger partial charge is 0.497 e. The molecule has 0 saturated carbocycles. The Labute approximate surface area is 97.7 Å². The van der Waals surface area contributed by atoms with E-state index in [0.29, 0.717) is 16.0 Å². The zero-order valence-electron chi connectivity index (χ0n) is 9.07. The van der Waals surface area contributed by atoms with Crippen LogP contribution in [-0.2, 0) is 0 Å². The lowest BCUT2D eigenvalue weighted by Gasteiger charge is -2.04. The molecule has 0 N–H and O–H groups in total. The second-order valence-corrected chi connectivity index (χ2v) is 3.59. The molecule has 0 spiro atoms. The lowest BCUT2D eigenvalue weighted by atomic mass is 10.2. The zero-order chi connectivity index (χ0) is 11.5. The van der Waals surface area contributed by atoms with Crippen LogP contribution in [0.1, 0.15) is 1.37 Å². The van der Waals surface area contributed by atoms with Crippen LogP contribution >= 0.6 is 15.9 Å². The molecule has 0 unspecified atom stereocenters. The molecule has 0 fully saturated rings. The maximum Gasteiger partial charge on any atom is 0.123 e. The summed E-state index contributed by atoms with van der Waals surface area (Å²) in [6, 6.07) is 7.53. The van der Waals surface area contributed by atoms with Crippen LogP contribution in [0.15, 0.2) is 41.1 Å². The average molecular weight is 266 g/mol. The van der Waals surface area contributed by atoms with Gasteiger partial charge in [0.15, 0.2) is 0 Å². The number of hydrogen-bond donors (Lipinski definition) is 0. The maximum atomic E-state index is 7.70. The molecule has 0 amide bonds. The third-order valence-corrected chi connectivity index (χ3v) is 2.24. The first kappa shape index (κ1) is 8.85. The van der Waals surface area contributed by atoms with Crippen LogP contribution in [0.25, 0.3) is 11.4 Å². The predicted octanol–water partition coefficient (Wildman–Crippen LogP) is 2.91. The molecule has 3 nitrogen and oxygen atoms in total. The predicted molar refractivity (Wildman–Crippen MR) is 61.7 cm³/mol. The number of pyridine rings is 2. The van der Waals surface area contributed by atoms with E-state index in [4.69, 9.17) is 6.11 Å². The number of ether oxygens (including phenoxy) is 1. The fourth-order valence-corrected chi connectivity index (χ4v) is 1.57. The third-order valence-electron chi connectivity index (χ3n) is 1.86. The van der Waals surface area contributed by atoms with E-state index in [0.717, 1.165) is 5.69 Å². The van der Waals surface area contributed by atoms with Gasteiger partial charge >= 0.3 is 0 Å². The minimum absolute atomic E-state index is 0.238. The van der Waals surface area contributed by atoms with E-state index in [1.807, 2.05) is 18.2 Å². The van der Waals surface area contributed by atoms with Crippen molar-refractivity contribution in [3.05, 3.63) is 41.1 Å². The average Bonchev–Trinajstić information content (AvgIpc) is 2.33. The highest BCUT2D eigenvalue weighted by Gasteiger charge is 2.04. The summed E-state index contributed by atoms with van der Waals surface area (Å²) in [4.78, 5) is 8.43. The summed E-state index contributed by atoms with van der Waals surface area (Å²) in [6.45, 7) is 0. The van der Waals surface area contributed by atoms with Crippen molar-refractivity contribution in [3.8, 4) is 17.1 Å². The topological polar surface area (TPSA) is 35.0 Å². The zero-order valence-corrected chi connectivity index (χ0v) is 9.65. The molecule has 0 bridgehead atoms. The van der Waals surface area contributed by atoms with E-state index in [9.17, 15) is 0 Å². The van der Waals surface area contributed by atoms with E-state index in [1.54, 1.807) is 12.3 Å². The monoisotopic (exact) mass is 265 g/mol. The molecule has 0 aromatic carbocycles. The van der Waals surface area contributed by atoms with E-state index in [2.05, 4.69) is 25.9 Å². The van der Waals surface area contributed by atoms with Crippen LogP contribution in [0, 0.1) is 0 Å². The number of aromatic nitrogens is 2. The van der Waals surface area contributed by atoms with E-state index < -0.39 is 0 Å². The Morgan fingerprint density at radius 1 is 1.40 bits per heavy atom. The number of rotatable bonds is 2. The molecule has 2 rings (SSSR count). The van der Waals surface area contributed by atoms with Crippen molar-refractivity contribution < 1.29 is 6.11 Å². The highest BCUT2D eigenvalue weighted by Crippen LogP contribution is 2.23. The van der Waals surface area contributed by atoms with Gasteiger partial charge in [0.05, 0.1) is 19.9 Å². The summed E-state index contributed by atoms with van der Waals surface area (Å²) in [7, 11) is 1.53. The highest BCUT2D eigenvalue weighted by molar-refractivity contribution is 9.10. The van der Waals surface area contributed by atoms with Gasteiger partial charge in [-0.2, -0.15) is 0 Å². The van der Waals surface area contributed by atoms with Crippen LogP contribution in [-0.4, -0.2) is 17.1 Å². The van der Waals surface area contributed by atoms with Crippen molar-refractivity contribution in [2.45, 2.75) is 0 Å². The quantitative estimate of drug-likeness (QED) is 0.784. The molecular formula is C11H9BrN2O. The molecule has 2 aromatic heterocycles.